The summed E-state index contributed by atoms with van der Waals surface area (Å²) in [4.78, 5) is 14.4. The van der Waals surface area contributed by atoms with E-state index < -0.39 is 0 Å². The van der Waals surface area contributed by atoms with Crippen molar-refractivity contribution >= 4 is 17.6 Å². The van der Waals surface area contributed by atoms with E-state index in [1.165, 1.54) is 0 Å². The molecule has 2 amide bonds. The van der Waals surface area contributed by atoms with Gasteiger partial charge in [0.15, 0.2) is 0 Å². The highest BCUT2D eigenvalue weighted by Gasteiger charge is 2.38. The van der Waals surface area contributed by atoms with E-state index in [2.05, 4.69) is 19.2 Å². The van der Waals surface area contributed by atoms with Crippen LogP contribution in [0.25, 0.3) is 0 Å². The first-order chi connectivity index (χ1) is 10.8. The Morgan fingerprint density at radius 2 is 2.22 bits per heavy atom. The SMILES string of the molecule is CC(C)CCNC(=O)N1CC(c2cccc(Cl)c2)OCC1(C)C. The van der Waals surface area contributed by atoms with Gasteiger partial charge in [-0.1, -0.05) is 37.6 Å². The van der Waals surface area contributed by atoms with Crippen molar-refractivity contribution in [1.29, 1.82) is 0 Å². The van der Waals surface area contributed by atoms with Gasteiger partial charge in [-0.3, -0.25) is 0 Å². The van der Waals surface area contributed by atoms with Crippen LogP contribution in [0.4, 0.5) is 4.79 Å². The predicted octanol–water partition coefficient (Wildman–Crippen LogP) is 4.25. The molecule has 0 aliphatic carbocycles. The van der Waals surface area contributed by atoms with Crippen molar-refractivity contribution in [1.82, 2.24) is 10.2 Å². The predicted molar refractivity (Wildman–Crippen MR) is 93.8 cm³/mol. The number of ether oxygens (including phenoxy) is 1. The van der Waals surface area contributed by atoms with Crippen LogP contribution in [0.2, 0.25) is 5.02 Å². The number of rotatable bonds is 4. The van der Waals surface area contributed by atoms with Gasteiger partial charge in [0.2, 0.25) is 0 Å². The maximum Gasteiger partial charge on any atom is 0.318 e. The summed E-state index contributed by atoms with van der Waals surface area (Å²) in [5.74, 6) is 0.576. The first-order valence-corrected chi connectivity index (χ1v) is 8.60. The number of halogens is 1. The fourth-order valence-corrected chi connectivity index (χ4v) is 2.88. The molecule has 0 bridgehead atoms. The molecule has 1 aliphatic heterocycles. The molecule has 2 rings (SSSR count). The Morgan fingerprint density at radius 1 is 1.48 bits per heavy atom. The molecule has 0 aromatic heterocycles. The van der Waals surface area contributed by atoms with E-state index in [9.17, 15) is 4.79 Å². The van der Waals surface area contributed by atoms with Crippen LogP contribution in [0, 0.1) is 5.92 Å². The maximum atomic E-state index is 12.6. The van der Waals surface area contributed by atoms with Crippen LogP contribution in [-0.2, 0) is 4.74 Å². The lowest BCUT2D eigenvalue weighted by molar-refractivity contribution is -0.0803. The molecule has 5 heteroatoms. The van der Waals surface area contributed by atoms with E-state index in [0.29, 0.717) is 30.6 Å². The molecule has 0 saturated carbocycles. The maximum absolute atomic E-state index is 12.6. The molecule has 128 valence electrons. The topological polar surface area (TPSA) is 41.6 Å². The van der Waals surface area contributed by atoms with E-state index in [1.54, 1.807) is 0 Å². The smallest absolute Gasteiger partial charge is 0.318 e. The Bertz CT molecular complexity index is 546. The summed E-state index contributed by atoms with van der Waals surface area (Å²) in [6.07, 6.45) is 0.839. The van der Waals surface area contributed by atoms with Crippen LogP contribution in [-0.4, -0.2) is 36.2 Å². The second-order valence-electron chi connectivity index (χ2n) is 7.19. The second kappa shape index (κ2) is 7.54. The van der Waals surface area contributed by atoms with Gasteiger partial charge in [0, 0.05) is 11.6 Å². The number of nitrogens with zero attached hydrogens (tertiary/aromatic N) is 1. The highest BCUT2D eigenvalue weighted by atomic mass is 35.5. The Balaban J connectivity index is 2.05. The average molecular weight is 339 g/mol. The number of carbonyl (C=O) groups is 1. The number of urea groups is 1. The van der Waals surface area contributed by atoms with Crippen LogP contribution in [0.1, 0.15) is 45.8 Å². The molecule has 4 nitrogen and oxygen atoms in total. The fraction of sp³-hybridized carbons (Fsp3) is 0.611. The first kappa shape index (κ1) is 18.1. The average Bonchev–Trinajstić information content (AvgIpc) is 2.46. The number of amides is 2. The standard InChI is InChI=1S/C18H27ClN2O2/c1-13(2)8-9-20-17(22)21-11-16(23-12-18(21,3)4)14-6-5-7-15(19)10-14/h5-7,10,13,16H,8-9,11-12H2,1-4H3,(H,20,22). The Hall–Kier alpha value is -1.26. The minimum Gasteiger partial charge on any atom is -0.369 e. The molecule has 1 saturated heterocycles. The third-order valence-corrected chi connectivity index (χ3v) is 4.42. The zero-order valence-electron chi connectivity index (χ0n) is 14.4. The van der Waals surface area contributed by atoms with Gasteiger partial charge in [-0.25, -0.2) is 4.79 Å². The van der Waals surface area contributed by atoms with Gasteiger partial charge in [0.25, 0.3) is 0 Å². The summed E-state index contributed by atoms with van der Waals surface area (Å²) in [6.45, 7) is 10.1. The Morgan fingerprint density at radius 3 is 2.87 bits per heavy atom. The Labute approximate surface area is 144 Å². The number of nitrogens with one attached hydrogen (secondary N) is 1. The number of benzene rings is 1. The lowest BCUT2D eigenvalue weighted by Gasteiger charge is -2.45. The minimum absolute atomic E-state index is 0.0222. The molecular weight excluding hydrogens is 312 g/mol. The fourth-order valence-electron chi connectivity index (χ4n) is 2.68. The van der Waals surface area contributed by atoms with Crippen molar-refractivity contribution in [3.63, 3.8) is 0 Å². The number of hydrogen-bond donors (Lipinski definition) is 1. The van der Waals surface area contributed by atoms with Crippen molar-refractivity contribution in [2.75, 3.05) is 19.7 Å². The van der Waals surface area contributed by atoms with Gasteiger partial charge >= 0.3 is 6.03 Å². The summed E-state index contributed by atoms with van der Waals surface area (Å²) < 4.78 is 5.98. The van der Waals surface area contributed by atoms with Gasteiger partial charge in [0.05, 0.1) is 18.7 Å². The third-order valence-electron chi connectivity index (χ3n) is 4.18. The highest BCUT2D eigenvalue weighted by molar-refractivity contribution is 6.30. The van der Waals surface area contributed by atoms with Crippen LogP contribution < -0.4 is 5.32 Å². The second-order valence-corrected chi connectivity index (χ2v) is 7.63. The largest absolute Gasteiger partial charge is 0.369 e. The molecular formula is C18H27ClN2O2. The zero-order valence-corrected chi connectivity index (χ0v) is 15.2. The minimum atomic E-state index is -0.322. The molecule has 1 N–H and O–H groups in total. The summed E-state index contributed by atoms with van der Waals surface area (Å²) in [5, 5.41) is 3.71. The van der Waals surface area contributed by atoms with Gasteiger partial charge in [-0.05, 0) is 43.9 Å². The van der Waals surface area contributed by atoms with Gasteiger partial charge < -0.3 is 15.0 Å². The van der Waals surface area contributed by atoms with Crippen molar-refractivity contribution in [2.24, 2.45) is 5.92 Å². The van der Waals surface area contributed by atoms with Crippen LogP contribution in [0.15, 0.2) is 24.3 Å². The first-order valence-electron chi connectivity index (χ1n) is 8.22. The molecule has 1 unspecified atom stereocenters. The lowest BCUT2D eigenvalue weighted by atomic mass is 9.98. The zero-order chi connectivity index (χ0) is 17.0. The molecule has 1 aliphatic rings. The van der Waals surface area contributed by atoms with Gasteiger partial charge in [0.1, 0.15) is 6.10 Å². The van der Waals surface area contributed by atoms with Crippen molar-refractivity contribution in [3.05, 3.63) is 34.9 Å². The van der Waals surface area contributed by atoms with E-state index >= 15 is 0 Å². The molecule has 1 fully saturated rings. The van der Waals surface area contributed by atoms with E-state index in [0.717, 1.165) is 12.0 Å². The van der Waals surface area contributed by atoms with E-state index in [1.807, 2.05) is 43.0 Å². The highest BCUT2D eigenvalue weighted by Crippen LogP contribution is 2.31. The van der Waals surface area contributed by atoms with Gasteiger partial charge in [-0.15, -0.1) is 0 Å². The number of hydrogen-bond acceptors (Lipinski definition) is 2. The summed E-state index contributed by atoms with van der Waals surface area (Å²) >= 11 is 6.07. The molecule has 1 aromatic carbocycles. The summed E-state index contributed by atoms with van der Waals surface area (Å²) in [6, 6.07) is 7.62. The monoisotopic (exact) mass is 338 g/mol. The molecule has 1 atom stereocenters. The molecule has 1 aromatic rings. The molecule has 0 spiro atoms. The Kier molecular flexibility index (Phi) is 5.93. The molecule has 1 heterocycles. The van der Waals surface area contributed by atoms with Crippen LogP contribution in [0.5, 0.6) is 0 Å². The van der Waals surface area contributed by atoms with Crippen molar-refractivity contribution < 1.29 is 9.53 Å². The van der Waals surface area contributed by atoms with Crippen molar-refractivity contribution in [2.45, 2.75) is 45.8 Å². The molecule has 0 radical (unpaired) electrons. The third kappa shape index (κ3) is 4.85. The summed E-state index contributed by atoms with van der Waals surface area (Å²) in [5.41, 5.74) is 0.685. The number of morpholine rings is 1. The van der Waals surface area contributed by atoms with Crippen molar-refractivity contribution in [3.8, 4) is 0 Å². The lowest BCUT2D eigenvalue weighted by Crippen LogP contribution is -2.59. The van der Waals surface area contributed by atoms with E-state index in [4.69, 9.17) is 16.3 Å². The van der Waals surface area contributed by atoms with Crippen LogP contribution >= 0.6 is 11.6 Å². The number of carbonyl (C=O) groups excluding carboxylic acids is 1. The van der Waals surface area contributed by atoms with Crippen LogP contribution in [0.3, 0.4) is 0 Å². The summed E-state index contributed by atoms with van der Waals surface area (Å²) in [7, 11) is 0. The van der Waals surface area contributed by atoms with E-state index in [-0.39, 0.29) is 17.7 Å². The van der Waals surface area contributed by atoms with Gasteiger partial charge in [-0.2, -0.15) is 0 Å². The quantitative estimate of drug-likeness (QED) is 0.891. The molecule has 23 heavy (non-hydrogen) atoms. The normalized spacial score (nSPS) is 20.6.